The summed E-state index contributed by atoms with van der Waals surface area (Å²) >= 11 is 0. The Hall–Kier alpha value is -0.193. The van der Waals surface area contributed by atoms with Gasteiger partial charge in [-0.2, -0.15) is 0 Å². The van der Waals surface area contributed by atoms with Crippen molar-refractivity contribution in [3.63, 3.8) is 0 Å². The summed E-state index contributed by atoms with van der Waals surface area (Å²) in [5.74, 6) is 0.699. The first kappa shape index (κ1) is 16.8. The zero-order valence-corrected chi connectivity index (χ0v) is 13.5. The largest absolute Gasteiger partial charge is 0.400 e. The molecule has 0 aliphatic rings. The summed E-state index contributed by atoms with van der Waals surface area (Å²) < 4.78 is 10.6. The summed E-state index contributed by atoms with van der Waals surface area (Å²) in [6.45, 7) is 8.80. The molecule has 0 N–H and O–H groups in total. The molecule has 0 bridgehead atoms. The fraction of sp³-hybridized carbons (Fsp3) is 0.923. The van der Waals surface area contributed by atoms with Crippen molar-refractivity contribution in [2.45, 2.75) is 59.0 Å². The average molecular weight is 259 g/mol. The molecule has 0 heterocycles. The number of nitrogens with zero attached hydrogens (tertiary/aromatic N) is 1. The summed E-state index contributed by atoms with van der Waals surface area (Å²) in [5, 5.41) is 0. The van der Waals surface area contributed by atoms with Crippen molar-refractivity contribution < 1.29 is 8.85 Å². The second-order valence-electron chi connectivity index (χ2n) is 5.14. The normalized spacial score (nSPS) is 14.7. The smallest absolute Gasteiger partial charge is 0.320 e. The quantitative estimate of drug-likeness (QED) is 0.470. The van der Waals surface area contributed by atoms with Gasteiger partial charge in [0.15, 0.2) is 0 Å². The fourth-order valence-electron chi connectivity index (χ4n) is 2.00. The van der Waals surface area contributed by atoms with Crippen molar-refractivity contribution in [2.75, 3.05) is 14.2 Å². The molecular formula is C13H29NO2Si. The van der Waals surface area contributed by atoms with Crippen molar-refractivity contribution in [3.05, 3.63) is 0 Å². The van der Waals surface area contributed by atoms with Gasteiger partial charge in [0.1, 0.15) is 0 Å². The third kappa shape index (κ3) is 9.50. The lowest BCUT2D eigenvalue weighted by Crippen LogP contribution is -2.19. The van der Waals surface area contributed by atoms with E-state index in [1.807, 2.05) is 0 Å². The number of hydrogen-bond acceptors (Lipinski definition) is 3. The van der Waals surface area contributed by atoms with Crippen LogP contribution in [0.15, 0.2) is 4.99 Å². The van der Waals surface area contributed by atoms with E-state index in [9.17, 15) is 0 Å². The summed E-state index contributed by atoms with van der Waals surface area (Å²) in [6.07, 6.45) is 3.39. The van der Waals surface area contributed by atoms with Crippen molar-refractivity contribution in [2.24, 2.45) is 10.9 Å². The van der Waals surface area contributed by atoms with E-state index in [2.05, 4.69) is 27.7 Å². The maximum absolute atomic E-state index is 5.30. The van der Waals surface area contributed by atoms with Crippen LogP contribution >= 0.6 is 0 Å². The minimum atomic E-state index is -1.36. The van der Waals surface area contributed by atoms with Gasteiger partial charge >= 0.3 is 9.28 Å². The Balaban J connectivity index is 3.82. The standard InChI is InChI=1S/C13H29NO2Si/c1-11(2)10-13(4)14-12(3)8-7-9-17(15-5)16-6/h11-12,17H,7-10H2,1-6H3. The van der Waals surface area contributed by atoms with Crippen LogP contribution in [0.25, 0.3) is 0 Å². The van der Waals surface area contributed by atoms with E-state index in [-0.39, 0.29) is 0 Å². The molecular weight excluding hydrogens is 230 g/mol. The molecule has 0 aromatic heterocycles. The highest BCUT2D eigenvalue weighted by Crippen LogP contribution is 2.10. The SMILES string of the molecule is CO[SiH](CCCC(C)N=C(C)CC(C)C)OC. The molecule has 1 atom stereocenters. The fourth-order valence-corrected chi connectivity index (χ4v) is 3.23. The number of hydrogen-bond donors (Lipinski definition) is 0. The van der Waals surface area contributed by atoms with Gasteiger partial charge in [-0.15, -0.1) is 0 Å². The predicted octanol–water partition coefficient (Wildman–Crippen LogP) is 3.18. The van der Waals surface area contributed by atoms with E-state index >= 15 is 0 Å². The Kier molecular flexibility index (Phi) is 9.69. The Morgan fingerprint density at radius 3 is 2.24 bits per heavy atom. The van der Waals surface area contributed by atoms with Crippen LogP contribution in [0.2, 0.25) is 6.04 Å². The maximum atomic E-state index is 5.30. The van der Waals surface area contributed by atoms with E-state index in [1.54, 1.807) is 14.2 Å². The molecule has 17 heavy (non-hydrogen) atoms. The first-order valence-corrected chi connectivity index (χ1v) is 8.34. The lowest BCUT2D eigenvalue weighted by molar-refractivity contribution is 0.276. The van der Waals surface area contributed by atoms with Crippen molar-refractivity contribution in [1.82, 2.24) is 0 Å². The van der Waals surface area contributed by atoms with Gasteiger partial charge < -0.3 is 8.85 Å². The zero-order valence-electron chi connectivity index (χ0n) is 12.3. The van der Waals surface area contributed by atoms with Gasteiger partial charge in [-0.3, -0.25) is 4.99 Å². The van der Waals surface area contributed by atoms with Crippen LogP contribution in [-0.2, 0) is 8.85 Å². The monoisotopic (exact) mass is 259 g/mol. The third-order valence-corrected chi connectivity index (χ3v) is 4.66. The van der Waals surface area contributed by atoms with Gasteiger partial charge in [0.2, 0.25) is 0 Å². The van der Waals surface area contributed by atoms with Crippen molar-refractivity contribution >= 4 is 15.0 Å². The molecule has 0 spiro atoms. The molecule has 0 aromatic carbocycles. The predicted molar refractivity (Wildman–Crippen MR) is 77.2 cm³/mol. The van der Waals surface area contributed by atoms with Crippen LogP contribution in [0.1, 0.15) is 47.0 Å². The Labute approximate surface area is 108 Å². The van der Waals surface area contributed by atoms with Gasteiger partial charge in [-0.05, 0) is 45.1 Å². The molecule has 0 rings (SSSR count). The Morgan fingerprint density at radius 2 is 1.76 bits per heavy atom. The molecule has 4 heteroatoms. The van der Waals surface area contributed by atoms with Crippen LogP contribution < -0.4 is 0 Å². The minimum absolute atomic E-state index is 0.428. The van der Waals surface area contributed by atoms with Crippen LogP contribution in [-0.4, -0.2) is 35.3 Å². The highest BCUT2D eigenvalue weighted by Gasteiger charge is 2.10. The van der Waals surface area contributed by atoms with Crippen LogP contribution in [0, 0.1) is 5.92 Å². The first-order chi connectivity index (χ1) is 7.99. The summed E-state index contributed by atoms with van der Waals surface area (Å²) in [5.41, 5.74) is 1.28. The van der Waals surface area contributed by atoms with Crippen LogP contribution in [0.4, 0.5) is 0 Å². The highest BCUT2D eigenvalue weighted by atomic mass is 28.3. The minimum Gasteiger partial charge on any atom is -0.400 e. The molecule has 0 saturated heterocycles. The topological polar surface area (TPSA) is 30.8 Å². The summed E-state index contributed by atoms with van der Waals surface area (Å²) in [4.78, 5) is 4.72. The van der Waals surface area contributed by atoms with Crippen molar-refractivity contribution in [1.29, 1.82) is 0 Å². The van der Waals surface area contributed by atoms with Crippen molar-refractivity contribution in [3.8, 4) is 0 Å². The lowest BCUT2D eigenvalue weighted by atomic mass is 10.1. The lowest BCUT2D eigenvalue weighted by Gasteiger charge is -2.13. The second-order valence-corrected chi connectivity index (χ2v) is 7.52. The van der Waals surface area contributed by atoms with Crippen LogP contribution in [0.3, 0.4) is 0 Å². The molecule has 0 aromatic rings. The van der Waals surface area contributed by atoms with E-state index in [4.69, 9.17) is 13.8 Å². The Bertz CT molecular complexity index is 215. The van der Waals surface area contributed by atoms with E-state index in [0.717, 1.165) is 25.3 Å². The van der Waals surface area contributed by atoms with Gasteiger partial charge in [0.05, 0.1) is 0 Å². The van der Waals surface area contributed by atoms with E-state index in [1.165, 1.54) is 5.71 Å². The molecule has 0 aliphatic carbocycles. The zero-order chi connectivity index (χ0) is 13.3. The van der Waals surface area contributed by atoms with Gasteiger partial charge in [-0.1, -0.05) is 13.8 Å². The summed E-state index contributed by atoms with van der Waals surface area (Å²) in [6, 6.07) is 1.51. The van der Waals surface area contributed by atoms with E-state index in [0.29, 0.717) is 12.0 Å². The highest BCUT2D eigenvalue weighted by molar-refractivity contribution is 6.44. The molecule has 3 nitrogen and oxygen atoms in total. The third-order valence-electron chi connectivity index (χ3n) is 2.73. The summed E-state index contributed by atoms with van der Waals surface area (Å²) in [7, 11) is 2.13. The molecule has 102 valence electrons. The van der Waals surface area contributed by atoms with Gasteiger partial charge in [0.25, 0.3) is 0 Å². The maximum Gasteiger partial charge on any atom is 0.320 e. The molecule has 0 saturated carbocycles. The molecule has 0 aliphatic heterocycles. The van der Waals surface area contributed by atoms with Gasteiger partial charge in [0, 0.05) is 26.0 Å². The molecule has 1 unspecified atom stereocenters. The molecule has 0 amide bonds. The molecule has 0 fully saturated rings. The number of rotatable bonds is 9. The van der Waals surface area contributed by atoms with E-state index < -0.39 is 9.28 Å². The van der Waals surface area contributed by atoms with Gasteiger partial charge in [-0.25, -0.2) is 0 Å². The first-order valence-electron chi connectivity index (χ1n) is 6.58. The van der Waals surface area contributed by atoms with Crippen LogP contribution in [0.5, 0.6) is 0 Å². The molecule has 0 radical (unpaired) electrons. The Morgan fingerprint density at radius 1 is 1.18 bits per heavy atom. The second kappa shape index (κ2) is 9.80. The average Bonchev–Trinajstić information content (AvgIpc) is 2.23. The number of aliphatic imine (C=N–C) groups is 1.